The van der Waals surface area contributed by atoms with Crippen LogP contribution in [0, 0.1) is 6.92 Å². The van der Waals surface area contributed by atoms with Crippen LogP contribution >= 0.6 is 11.6 Å². The minimum absolute atomic E-state index is 0.0277. The monoisotopic (exact) mass is 350 g/mol. The summed E-state index contributed by atoms with van der Waals surface area (Å²) in [4.78, 5) is 11.5. The highest BCUT2D eigenvalue weighted by molar-refractivity contribution is 7.92. The van der Waals surface area contributed by atoms with E-state index in [9.17, 15) is 13.2 Å². The van der Waals surface area contributed by atoms with E-state index in [4.69, 9.17) is 11.6 Å². The van der Waals surface area contributed by atoms with Crippen molar-refractivity contribution in [3.05, 3.63) is 52.5 Å². The second-order valence-electron chi connectivity index (χ2n) is 5.44. The van der Waals surface area contributed by atoms with Gasteiger partial charge in [-0.05, 0) is 54.8 Å². The number of anilines is 2. The molecule has 120 valence electrons. The standard InChI is InChI=1S/C16H15ClN2O3S/c1-10-2-5-13(9-14(10)17)23(21,22)19-12-4-6-15-11(8-12)3-7-16(20)18-15/h2,4-6,8-9,19H,3,7H2,1H3,(H,18,20). The van der Waals surface area contributed by atoms with Crippen LogP contribution in [0.5, 0.6) is 0 Å². The summed E-state index contributed by atoms with van der Waals surface area (Å²) in [6, 6.07) is 9.67. The molecule has 23 heavy (non-hydrogen) atoms. The Kier molecular flexibility index (Phi) is 4.04. The Morgan fingerprint density at radius 3 is 2.65 bits per heavy atom. The van der Waals surface area contributed by atoms with Gasteiger partial charge in [-0.3, -0.25) is 9.52 Å². The molecular formula is C16H15ClN2O3S. The highest BCUT2D eigenvalue weighted by Crippen LogP contribution is 2.27. The number of halogens is 1. The molecule has 2 N–H and O–H groups in total. The minimum atomic E-state index is -3.71. The van der Waals surface area contributed by atoms with Crippen LogP contribution in [0.1, 0.15) is 17.5 Å². The Morgan fingerprint density at radius 2 is 1.91 bits per heavy atom. The van der Waals surface area contributed by atoms with Crippen molar-refractivity contribution in [1.29, 1.82) is 0 Å². The fourth-order valence-corrected chi connectivity index (χ4v) is 3.72. The summed E-state index contributed by atoms with van der Waals surface area (Å²) in [6.45, 7) is 1.81. The van der Waals surface area contributed by atoms with E-state index < -0.39 is 10.0 Å². The zero-order valence-electron chi connectivity index (χ0n) is 12.4. The largest absolute Gasteiger partial charge is 0.326 e. The quantitative estimate of drug-likeness (QED) is 0.891. The third kappa shape index (κ3) is 3.33. The molecule has 2 aromatic carbocycles. The molecule has 5 nitrogen and oxygen atoms in total. The van der Waals surface area contributed by atoms with E-state index in [1.54, 1.807) is 24.3 Å². The third-order valence-corrected chi connectivity index (χ3v) is 5.49. The molecular weight excluding hydrogens is 336 g/mol. The predicted molar refractivity (Wildman–Crippen MR) is 90.4 cm³/mol. The van der Waals surface area contributed by atoms with Crippen molar-refractivity contribution >= 4 is 38.9 Å². The molecule has 2 aromatic rings. The molecule has 7 heteroatoms. The van der Waals surface area contributed by atoms with E-state index in [0.717, 1.165) is 16.8 Å². The van der Waals surface area contributed by atoms with Gasteiger partial charge >= 0.3 is 0 Å². The molecule has 0 atom stereocenters. The Bertz CT molecular complexity index is 894. The lowest BCUT2D eigenvalue weighted by Gasteiger charge is -2.18. The van der Waals surface area contributed by atoms with Gasteiger partial charge in [-0.1, -0.05) is 17.7 Å². The van der Waals surface area contributed by atoms with Crippen molar-refractivity contribution in [3.8, 4) is 0 Å². The van der Waals surface area contributed by atoms with Crippen LogP contribution in [0.4, 0.5) is 11.4 Å². The van der Waals surface area contributed by atoms with Gasteiger partial charge in [-0.25, -0.2) is 8.42 Å². The second kappa shape index (κ2) is 5.86. The Balaban J connectivity index is 1.88. The number of hydrogen-bond donors (Lipinski definition) is 2. The molecule has 1 aliphatic heterocycles. The number of nitrogens with one attached hydrogen (secondary N) is 2. The Morgan fingerprint density at radius 1 is 1.13 bits per heavy atom. The molecule has 0 fully saturated rings. The van der Waals surface area contributed by atoms with Crippen LogP contribution in [-0.4, -0.2) is 14.3 Å². The van der Waals surface area contributed by atoms with Gasteiger partial charge in [0.25, 0.3) is 10.0 Å². The first-order chi connectivity index (χ1) is 10.8. The zero-order chi connectivity index (χ0) is 16.6. The first-order valence-electron chi connectivity index (χ1n) is 7.07. The van der Waals surface area contributed by atoms with Gasteiger partial charge in [0.05, 0.1) is 4.90 Å². The lowest BCUT2D eigenvalue weighted by molar-refractivity contribution is -0.116. The average molecular weight is 351 g/mol. The van der Waals surface area contributed by atoms with E-state index >= 15 is 0 Å². The summed E-state index contributed by atoms with van der Waals surface area (Å²) >= 11 is 6.00. The summed E-state index contributed by atoms with van der Waals surface area (Å²) < 4.78 is 27.4. The van der Waals surface area contributed by atoms with Crippen molar-refractivity contribution in [1.82, 2.24) is 0 Å². The fourth-order valence-electron chi connectivity index (χ4n) is 2.40. The van der Waals surface area contributed by atoms with Crippen LogP contribution in [0.15, 0.2) is 41.3 Å². The summed E-state index contributed by atoms with van der Waals surface area (Å²) in [5.41, 5.74) is 2.90. The molecule has 1 amide bonds. The van der Waals surface area contributed by atoms with Crippen LogP contribution in [0.3, 0.4) is 0 Å². The number of aryl methyl sites for hydroxylation is 2. The van der Waals surface area contributed by atoms with Crippen molar-refractivity contribution in [2.45, 2.75) is 24.7 Å². The smallest absolute Gasteiger partial charge is 0.261 e. The highest BCUT2D eigenvalue weighted by Gasteiger charge is 2.18. The van der Waals surface area contributed by atoms with Gasteiger partial charge in [-0.2, -0.15) is 0 Å². The number of benzene rings is 2. The van der Waals surface area contributed by atoms with Crippen LogP contribution < -0.4 is 10.0 Å². The van der Waals surface area contributed by atoms with Crippen molar-refractivity contribution < 1.29 is 13.2 Å². The summed E-state index contributed by atoms with van der Waals surface area (Å²) in [5, 5.41) is 3.17. The van der Waals surface area contributed by atoms with Gasteiger partial charge in [0.1, 0.15) is 0 Å². The lowest BCUT2D eigenvalue weighted by Crippen LogP contribution is -2.19. The summed E-state index contributed by atoms with van der Waals surface area (Å²) in [6.07, 6.45) is 0.990. The van der Waals surface area contributed by atoms with Crippen LogP contribution in [-0.2, 0) is 21.2 Å². The zero-order valence-corrected chi connectivity index (χ0v) is 14.0. The topological polar surface area (TPSA) is 75.3 Å². The van der Waals surface area contributed by atoms with Gasteiger partial charge in [-0.15, -0.1) is 0 Å². The molecule has 0 saturated heterocycles. The van der Waals surface area contributed by atoms with Gasteiger partial charge in [0, 0.05) is 22.8 Å². The van der Waals surface area contributed by atoms with Crippen molar-refractivity contribution in [2.75, 3.05) is 10.0 Å². The molecule has 3 rings (SSSR count). The predicted octanol–water partition coefficient (Wildman–Crippen LogP) is 3.33. The van der Waals surface area contributed by atoms with E-state index in [2.05, 4.69) is 10.0 Å². The number of hydrogen-bond acceptors (Lipinski definition) is 3. The number of carbonyl (C=O) groups excluding carboxylic acids is 1. The Hall–Kier alpha value is -2.05. The molecule has 0 aromatic heterocycles. The maximum atomic E-state index is 12.4. The number of rotatable bonds is 3. The van der Waals surface area contributed by atoms with Gasteiger partial charge < -0.3 is 5.32 Å². The van der Waals surface area contributed by atoms with Crippen LogP contribution in [0.2, 0.25) is 5.02 Å². The highest BCUT2D eigenvalue weighted by atomic mass is 35.5. The molecule has 0 spiro atoms. The van der Waals surface area contributed by atoms with E-state index in [1.165, 1.54) is 12.1 Å². The van der Waals surface area contributed by atoms with Crippen LogP contribution in [0.25, 0.3) is 0 Å². The molecule has 1 aliphatic rings. The molecule has 0 radical (unpaired) electrons. The van der Waals surface area contributed by atoms with E-state index in [1.807, 2.05) is 6.92 Å². The third-order valence-electron chi connectivity index (χ3n) is 3.71. The number of carbonyl (C=O) groups is 1. The SMILES string of the molecule is Cc1ccc(S(=O)(=O)Nc2ccc3c(c2)CCC(=O)N3)cc1Cl. The first-order valence-corrected chi connectivity index (χ1v) is 8.93. The first kappa shape index (κ1) is 15.8. The second-order valence-corrected chi connectivity index (χ2v) is 7.53. The molecule has 0 unspecified atom stereocenters. The van der Waals surface area contributed by atoms with E-state index in [0.29, 0.717) is 23.6 Å². The molecule has 1 heterocycles. The summed E-state index contributed by atoms with van der Waals surface area (Å²) in [5.74, 6) is -0.0277. The molecule has 0 bridgehead atoms. The maximum Gasteiger partial charge on any atom is 0.261 e. The molecule has 0 aliphatic carbocycles. The van der Waals surface area contributed by atoms with Crippen molar-refractivity contribution in [3.63, 3.8) is 0 Å². The number of amides is 1. The summed E-state index contributed by atoms with van der Waals surface area (Å²) in [7, 11) is -3.71. The molecule has 0 saturated carbocycles. The van der Waals surface area contributed by atoms with Gasteiger partial charge in [0.15, 0.2) is 0 Å². The number of fused-ring (bicyclic) bond motifs is 1. The Labute approximate surface area is 139 Å². The fraction of sp³-hybridized carbons (Fsp3) is 0.188. The minimum Gasteiger partial charge on any atom is -0.326 e. The van der Waals surface area contributed by atoms with Crippen molar-refractivity contribution in [2.24, 2.45) is 0 Å². The number of sulfonamides is 1. The maximum absolute atomic E-state index is 12.4. The average Bonchev–Trinajstić information content (AvgIpc) is 2.49. The normalized spacial score (nSPS) is 14.1. The lowest BCUT2D eigenvalue weighted by atomic mass is 10.0. The van der Waals surface area contributed by atoms with Gasteiger partial charge in [0.2, 0.25) is 5.91 Å². The van der Waals surface area contributed by atoms with E-state index in [-0.39, 0.29) is 10.8 Å².